The molecule has 0 bridgehead atoms. The van der Waals surface area contributed by atoms with Gasteiger partial charge in [-0.15, -0.1) is 0 Å². The molecule has 0 atom stereocenters. The summed E-state index contributed by atoms with van der Waals surface area (Å²) in [6.07, 6.45) is 4.75. The minimum Gasteiger partial charge on any atom is -0.376 e. The van der Waals surface area contributed by atoms with Crippen LogP contribution in [-0.2, 0) is 4.74 Å². The van der Waals surface area contributed by atoms with E-state index >= 15 is 0 Å². The minimum absolute atomic E-state index is 0.770. The first-order valence-electron chi connectivity index (χ1n) is 3.38. The van der Waals surface area contributed by atoms with Crippen LogP contribution < -0.4 is 0 Å². The van der Waals surface area contributed by atoms with E-state index in [0.29, 0.717) is 0 Å². The highest BCUT2D eigenvalue weighted by Crippen LogP contribution is 1.98. The Morgan fingerprint density at radius 3 is 2.78 bits per heavy atom. The highest BCUT2D eigenvalue weighted by molar-refractivity contribution is 4.63. The normalized spacial score (nSPS) is 9.44. The first kappa shape index (κ1) is 8.70. The molecule has 0 amide bonds. The molecule has 0 saturated carbocycles. The molecule has 0 heterocycles. The Labute approximate surface area is 57.7 Å². The summed E-state index contributed by atoms with van der Waals surface area (Å²) in [7, 11) is 0. The molecule has 2 radical (unpaired) electrons. The van der Waals surface area contributed by atoms with Crippen LogP contribution >= 0.6 is 0 Å². The molecule has 52 valence electrons. The third kappa shape index (κ3) is 7.70. The SMILES string of the molecule is [CH]=CCCC[CH]OCC. The van der Waals surface area contributed by atoms with Crippen LogP contribution in [0, 0.1) is 13.2 Å². The van der Waals surface area contributed by atoms with Gasteiger partial charge in [-0.1, -0.05) is 12.7 Å². The van der Waals surface area contributed by atoms with E-state index in [1.165, 1.54) is 0 Å². The Balaban J connectivity index is 2.66. The first-order chi connectivity index (χ1) is 4.41. The zero-order chi connectivity index (χ0) is 6.95. The lowest BCUT2D eigenvalue weighted by atomic mass is 10.2. The maximum atomic E-state index is 5.16. The van der Waals surface area contributed by atoms with Gasteiger partial charge in [-0.2, -0.15) is 0 Å². The largest absolute Gasteiger partial charge is 0.376 e. The van der Waals surface area contributed by atoms with Gasteiger partial charge in [0.2, 0.25) is 0 Å². The predicted molar refractivity (Wildman–Crippen MR) is 38.6 cm³/mol. The lowest BCUT2D eigenvalue weighted by molar-refractivity contribution is 0.206. The van der Waals surface area contributed by atoms with Crippen molar-refractivity contribution < 1.29 is 4.74 Å². The molecular formula is C8H14O. The summed E-state index contributed by atoms with van der Waals surface area (Å²) in [6.45, 7) is 9.75. The molecule has 0 aliphatic carbocycles. The smallest absolute Gasteiger partial charge is 0.0836 e. The van der Waals surface area contributed by atoms with E-state index in [2.05, 4.69) is 0 Å². The maximum absolute atomic E-state index is 5.16. The highest BCUT2D eigenvalue weighted by Gasteiger charge is 1.84. The van der Waals surface area contributed by atoms with E-state index in [1.807, 2.05) is 13.5 Å². The van der Waals surface area contributed by atoms with E-state index in [1.54, 1.807) is 6.08 Å². The molecule has 0 aliphatic rings. The van der Waals surface area contributed by atoms with E-state index in [9.17, 15) is 0 Å². The molecule has 0 aromatic carbocycles. The van der Waals surface area contributed by atoms with Gasteiger partial charge in [0.15, 0.2) is 0 Å². The molecule has 0 spiro atoms. The van der Waals surface area contributed by atoms with Gasteiger partial charge in [0.05, 0.1) is 6.61 Å². The second-order valence-electron chi connectivity index (χ2n) is 1.79. The van der Waals surface area contributed by atoms with Crippen molar-refractivity contribution >= 4 is 0 Å². The van der Waals surface area contributed by atoms with Crippen molar-refractivity contribution in [3.8, 4) is 0 Å². The van der Waals surface area contributed by atoms with E-state index < -0.39 is 0 Å². The van der Waals surface area contributed by atoms with Crippen LogP contribution in [-0.4, -0.2) is 6.61 Å². The molecular weight excluding hydrogens is 112 g/mol. The quantitative estimate of drug-likeness (QED) is 0.496. The second-order valence-corrected chi connectivity index (χ2v) is 1.79. The van der Waals surface area contributed by atoms with Gasteiger partial charge in [-0.25, -0.2) is 0 Å². The number of ether oxygens (including phenoxy) is 1. The summed E-state index contributed by atoms with van der Waals surface area (Å²) in [5.41, 5.74) is 0. The fourth-order valence-electron chi connectivity index (χ4n) is 0.520. The van der Waals surface area contributed by atoms with Crippen LogP contribution in [0.2, 0.25) is 0 Å². The number of hydrogen-bond acceptors (Lipinski definition) is 1. The Morgan fingerprint density at radius 2 is 2.22 bits per heavy atom. The number of unbranched alkanes of at least 4 members (excludes halogenated alkanes) is 2. The molecule has 1 nitrogen and oxygen atoms in total. The Bertz CT molecular complexity index is 59.6. The lowest BCUT2D eigenvalue weighted by Crippen LogP contribution is -1.85. The third-order valence-electron chi connectivity index (χ3n) is 0.977. The Kier molecular flexibility index (Phi) is 7.44. The topological polar surface area (TPSA) is 9.23 Å². The Hall–Kier alpha value is -0.300. The zero-order valence-corrected chi connectivity index (χ0v) is 5.97. The van der Waals surface area contributed by atoms with Crippen molar-refractivity contribution in [3.63, 3.8) is 0 Å². The van der Waals surface area contributed by atoms with Gasteiger partial charge in [-0.05, 0) is 26.2 Å². The van der Waals surface area contributed by atoms with Gasteiger partial charge in [-0.3, -0.25) is 0 Å². The molecule has 1 heteroatoms. The van der Waals surface area contributed by atoms with Crippen LogP contribution in [0.1, 0.15) is 26.2 Å². The van der Waals surface area contributed by atoms with Gasteiger partial charge in [0, 0.05) is 6.61 Å². The van der Waals surface area contributed by atoms with Crippen LogP contribution in [0.4, 0.5) is 0 Å². The lowest BCUT2D eigenvalue weighted by Gasteiger charge is -1.96. The molecule has 0 aromatic rings. The summed E-state index contributed by atoms with van der Waals surface area (Å²) in [4.78, 5) is 0. The summed E-state index contributed by atoms with van der Waals surface area (Å²) in [5.74, 6) is 0. The Morgan fingerprint density at radius 1 is 1.44 bits per heavy atom. The molecule has 0 aromatic heterocycles. The average molecular weight is 126 g/mol. The van der Waals surface area contributed by atoms with Crippen LogP contribution in [0.25, 0.3) is 0 Å². The summed E-state index contributed by atoms with van der Waals surface area (Å²) >= 11 is 0. The number of rotatable bonds is 6. The molecule has 0 unspecified atom stereocenters. The molecule has 0 saturated heterocycles. The number of allylic oxidation sites excluding steroid dienone is 1. The fourth-order valence-corrected chi connectivity index (χ4v) is 0.520. The summed E-state index contributed by atoms with van der Waals surface area (Å²) < 4.78 is 5.00. The van der Waals surface area contributed by atoms with E-state index in [4.69, 9.17) is 11.3 Å². The van der Waals surface area contributed by atoms with Gasteiger partial charge < -0.3 is 4.74 Å². The van der Waals surface area contributed by atoms with Crippen molar-refractivity contribution in [2.45, 2.75) is 26.2 Å². The number of hydrogen-bond donors (Lipinski definition) is 0. The van der Waals surface area contributed by atoms with Crippen LogP contribution in [0.3, 0.4) is 0 Å². The third-order valence-corrected chi connectivity index (χ3v) is 0.977. The van der Waals surface area contributed by atoms with Gasteiger partial charge in [0.1, 0.15) is 0 Å². The molecule has 0 aliphatic heterocycles. The standard InChI is InChI=1S/C8H14O/c1-3-5-6-7-8-9-4-2/h1,3,8H,4-7H2,2H3. The van der Waals surface area contributed by atoms with Crippen molar-refractivity contribution in [2.75, 3.05) is 6.61 Å². The maximum Gasteiger partial charge on any atom is 0.0836 e. The zero-order valence-electron chi connectivity index (χ0n) is 5.97. The molecule has 0 rings (SSSR count). The van der Waals surface area contributed by atoms with Crippen molar-refractivity contribution in [2.24, 2.45) is 0 Å². The monoisotopic (exact) mass is 126 g/mol. The van der Waals surface area contributed by atoms with Gasteiger partial charge in [0.25, 0.3) is 0 Å². The summed E-state index contributed by atoms with van der Waals surface area (Å²) in [6, 6.07) is 0. The van der Waals surface area contributed by atoms with Crippen LogP contribution in [0.15, 0.2) is 6.08 Å². The van der Waals surface area contributed by atoms with Gasteiger partial charge >= 0.3 is 0 Å². The molecule has 9 heavy (non-hydrogen) atoms. The predicted octanol–water partition coefficient (Wildman–Crippen LogP) is 2.34. The average Bonchev–Trinajstić information content (AvgIpc) is 1.89. The van der Waals surface area contributed by atoms with E-state index in [0.717, 1.165) is 25.9 Å². The highest BCUT2D eigenvalue weighted by atomic mass is 16.5. The van der Waals surface area contributed by atoms with Crippen LogP contribution in [0.5, 0.6) is 0 Å². The van der Waals surface area contributed by atoms with Crippen molar-refractivity contribution in [3.05, 3.63) is 19.3 Å². The van der Waals surface area contributed by atoms with E-state index in [-0.39, 0.29) is 0 Å². The summed E-state index contributed by atoms with van der Waals surface area (Å²) in [5, 5.41) is 0. The molecule has 0 N–H and O–H groups in total. The first-order valence-corrected chi connectivity index (χ1v) is 3.38. The van der Waals surface area contributed by atoms with Crippen molar-refractivity contribution in [1.29, 1.82) is 0 Å². The fraction of sp³-hybridized carbons (Fsp3) is 0.625. The molecule has 0 fully saturated rings. The minimum atomic E-state index is 0.770. The van der Waals surface area contributed by atoms with Crippen molar-refractivity contribution in [1.82, 2.24) is 0 Å². The second kappa shape index (κ2) is 7.70.